The lowest BCUT2D eigenvalue weighted by Gasteiger charge is -2.45. The maximum absolute atomic E-state index is 13.1. The molecule has 4 nitrogen and oxygen atoms in total. The summed E-state index contributed by atoms with van der Waals surface area (Å²) in [6.45, 7) is 5.66. The third kappa shape index (κ3) is 4.07. The monoisotopic (exact) mass is 364 g/mol. The summed E-state index contributed by atoms with van der Waals surface area (Å²) in [5, 5.41) is 0. The lowest BCUT2D eigenvalue weighted by molar-refractivity contribution is -0.143. The molecule has 0 aromatic carbocycles. The number of carbonyl (C=O) groups excluding carboxylic acids is 2. The van der Waals surface area contributed by atoms with E-state index in [9.17, 15) is 9.59 Å². The van der Waals surface area contributed by atoms with Crippen LogP contribution in [-0.4, -0.2) is 52.4 Å². The minimum Gasteiger partial charge on any atom is -0.341 e. The SMILES string of the molecule is CC/C=C(/C)C(=O)N1CSCC1C(=O)N1CCC2(CCCCC2)CC1. The first-order valence-electron chi connectivity index (χ1n) is 9.90. The van der Waals surface area contributed by atoms with Crippen molar-refractivity contribution in [1.82, 2.24) is 9.80 Å². The van der Waals surface area contributed by atoms with Crippen LogP contribution in [0.5, 0.6) is 0 Å². The van der Waals surface area contributed by atoms with E-state index in [2.05, 4.69) is 0 Å². The fraction of sp³-hybridized carbons (Fsp3) is 0.800. The predicted molar refractivity (Wildman–Crippen MR) is 103 cm³/mol. The van der Waals surface area contributed by atoms with Crippen molar-refractivity contribution in [3.05, 3.63) is 11.6 Å². The van der Waals surface area contributed by atoms with E-state index in [1.807, 2.05) is 24.8 Å². The molecule has 0 N–H and O–H groups in total. The number of carbonyl (C=O) groups is 2. The van der Waals surface area contributed by atoms with E-state index in [-0.39, 0.29) is 17.9 Å². The Morgan fingerprint density at radius 2 is 1.80 bits per heavy atom. The van der Waals surface area contributed by atoms with E-state index in [4.69, 9.17) is 0 Å². The molecule has 2 saturated heterocycles. The fourth-order valence-electron chi connectivity index (χ4n) is 4.68. The van der Waals surface area contributed by atoms with Gasteiger partial charge in [-0.2, -0.15) is 0 Å². The van der Waals surface area contributed by atoms with Gasteiger partial charge >= 0.3 is 0 Å². The van der Waals surface area contributed by atoms with Crippen LogP contribution in [0.2, 0.25) is 0 Å². The van der Waals surface area contributed by atoms with Crippen molar-refractivity contribution in [2.45, 2.75) is 71.3 Å². The molecule has 0 aromatic rings. The van der Waals surface area contributed by atoms with Gasteiger partial charge in [-0.15, -0.1) is 11.8 Å². The summed E-state index contributed by atoms with van der Waals surface area (Å²) in [4.78, 5) is 29.5. The summed E-state index contributed by atoms with van der Waals surface area (Å²) in [6, 6.07) is -0.266. The maximum Gasteiger partial charge on any atom is 0.250 e. The first-order valence-corrected chi connectivity index (χ1v) is 11.1. The summed E-state index contributed by atoms with van der Waals surface area (Å²) >= 11 is 1.70. The number of rotatable bonds is 3. The van der Waals surface area contributed by atoms with Gasteiger partial charge in [0.05, 0.1) is 5.88 Å². The third-order valence-corrected chi connectivity index (χ3v) is 7.34. The van der Waals surface area contributed by atoms with E-state index < -0.39 is 0 Å². The Balaban J connectivity index is 1.60. The fourth-order valence-corrected chi connectivity index (χ4v) is 5.83. The highest BCUT2D eigenvalue weighted by atomic mass is 32.2. The quantitative estimate of drug-likeness (QED) is 0.715. The Kier molecular flexibility index (Phi) is 6.13. The first kappa shape index (κ1) is 18.8. The van der Waals surface area contributed by atoms with Crippen molar-refractivity contribution in [2.75, 3.05) is 24.7 Å². The van der Waals surface area contributed by atoms with Crippen molar-refractivity contribution in [3.63, 3.8) is 0 Å². The van der Waals surface area contributed by atoms with Crippen LogP contribution in [0, 0.1) is 5.41 Å². The van der Waals surface area contributed by atoms with Gasteiger partial charge < -0.3 is 9.80 Å². The minimum atomic E-state index is -0.266. The lowest BCUT2D eigenvalue weighted by Crippen LogP contribution is -2.52. The second-order valence-corrected chi connectivity index (χ2v) is 8.97. The topological polar surface area (TPSA) is 40.6 Å². The second-order valence-electron chi connectivity index (χ2n) is 7.97. The second kappa shape index (κ2) is 8.15. The highest BCUT2D eigenvalue weighted by Crippen LogP contribution is 2.44. The van der Waals surface area contributed by atoms with Gasteiger partial charge in [0.2, 0.25) is 5.91 Å². The number of hydrogen-bond donors (Lipinski definition) is 0. The molecule has 1 saturated carbocycles. The normalized spacial score (nSPS) is 27.0. The van der Waals surface area contributed by atoms with Crippen LogP contribution in [0.25, 0.3) is 0 Å². The Bertz CT molecular complexity index is 530. The van der Waals surface area contributed by atoms with Crippen LogP contribution in [0.4, 0.5) is 0 Å². The number of thioether (sulfide) groups is 1. The summed E-state index contributed by atoms with van der Waals surface area (Å²) in [5.74, 6) is 1.59. The predicted octanol–water partition coefficient (Wildman–Crippen LogP) is 3.82. The van der Waals surface area contributed by atoms with Crippen LogP contribution >= 0.6 is 11.8 Å². The molecule has 140 valence electrons. The average Bonchev–Trinajstić information content (AvgIpc) is 3.11. The average molecular weight is 365 g/mol. The minimum absolute atomic E-state index is 0.0333. The van der Waals surface area contributed by atoms with Gasteiger partial charge in [0.25, 0.3) is 5.91 Å². The highest BCUT2D eigenvalue weighted by Gasteiger charge is 2.41. The number of amides is 2. The van der Waals surface area contributed by atoms with Crippen molar-refractivity contribution < 1.29 is 9.59 Å². The number of likely N-dealkylation sites (tertiary alicyclic amines) is 1. The van der Waals surface area contributed by atoms with Crippen LogP contribution in [0.3, 0.4) is 0 Å². The van der Waals surface area contributed by atoms with E-state index in [0.29, 0.717) is 11.3 Å². The molecule has 2 heterocycles. The Morgan fingerprint density at radius 3 is 2.44 bits per heavy atom. The number of allylic oxidation sites excluding steroid dienone is 1. The zero-order valence-corrected chi connectivity index (χ0v) is 16.6. The molecule has 3 aliphatic rings. The van der Waals surface area contributed by atoms with Crippen molar-refractivity contribution >= 4 is 23.6 Å². The molecule has 1 spiro atoms. The molecule has 3 rings (SSSR count). The van der Waals surface area contributed by atoms with E-state index in [1.165, 1.54) is 32.1 Å². The Morgan fingerprint density at radius 1 is 1.12 bits per heavy atom. The zero-order valence-electron chi connectivity index (χ0n) is 15.8. The van der Waals surface area contributed by atoms with Crippen molar-refractivity contribution in [2.24, 2.45) is 5.41 Å². The molecular weight excluding hydrogens is 332 g/mol. The summed E-state index contributed by atoms with van der Waals surface area (Å²) in [5.41, 5.74) is 1.28. The van der Waals surface area contributed by atoms with Gasteiger partial charge in [-0.25, -0.2) is 0 Å². The molecule has 2 amide bonds. The molecular formula is C20H32N2O2S. The summed E-state index contributed by atoms with van der Waals surface area (Å²) in [6.07, 6.45) is 11.9. The van der Waals surface area contributed by atoms with Gasteiger partial charge in [0.1, 0.15) is 6.04 Å². The standard InChI is InChI=1S/C20H32N2O2S/c1-3-7-16(2)18(23)22-15-25-14-17(22)19(24)21-12-10-20(11-13-21)8-5-4-6-9-20/h7,17H,3-6,8-15H2,1-2H3/b16-7-. The highest BCUT2D eigenvalue weighted by molar-refractivity contribution is 7.99. The lowest BCUT2D eigenvalue weighted by atomic mass is 9.68. The van der Waals surface area contributed by atoms with Gasteiger partial charge in [0.15, 0.2) is 0 Å². The van der Waals surface area contributed by atoms with Gasteiger partial charge in [-0.1, -0.05) is 32.3 Å². The number of nitrogens with zero attached hydrogens (tertiary/aromatic N) is 2. The number of hydrogen-bond acceptors (Lipinski definition) is 3. The van der Waals surface area contributed by atoms with E-state index >= 15 is 0 Å². The Hall–Kier alpha value is -0.970. The summed E-state index contributed by atoms with van der Waals surface area (Å²) in [7, 11) is 0. The Labute approximate surface area is 156 Å². The molecule has 1 aliphatic carbocycles. The molecule has 5 heteroatoms. The largest absolute Gasteiger partial charge is 0.341 e. The van der Waals surface area contributed by atoms with Crippen LogP contribution in [0.1, 0.15) is 65.2 Å². The molecule has 0 bridgehead atoms. The smallest absolute Gasteiger partial charge is 0.250 e. The molecule has 1 atom stereocenters. The molecule has 0 aromatic heterocycles. The van der Waals surface area contributed by atoms with Gasteiger partial charge in [-0.05, 0) is 44.4 Å². The third-order valence-electron chi connectivity index (χ3n) is 6.33. The van der Waals surface area contributed by atoms with Crippen LogP contribution < -0.4 is 0 Å². The van der Waals surface area contributed by atoms with Crippen LogP contribution in [-0.2, 0) is 9.59 Å². The van der Waals surface area contributed by atoms with Gasteiger partial charge in [0, 0.05) is 24.4 Å². The van der Waals surface area contributed by atoms with E-state index in [1.54, 1.807) is 16.7 Å². The number of piperidine rings is 1. The molecule has 2 aliphatic heterocycles. The van der Waals surface area contributed by atoms with Crippen molar-refractivity contribution in [3.8, 4) is 0 Å². The maximum atomic E-state index is 13.1. The summed E-state index contributed by atoms with van der Waals surface area (Å²) < 4.78 is 0. The van der Waals surface area contributed by atoms with Crippen molar-refractivity contribution in [1.29, 1.82) is 0 Å². The molecule has 25 heavy (non-hydrogen) atoms. The molecule has 0 radical (unpaired) electrons. The first-order chi connectivity index (χ1) is 12.1. The van der Waals surface area contributed by atoms with E-state index in [0.717, 1.165) is 43.7 Å². The van der Waals surface area contributed by atoms with Gasteiger partial charge in [-0.3, -0.25) is 9.59 Å². The molecule has 1 unspecified atom stereocenters. The molecule has 3 fully saturated rings. The zero-order chi connectivity index (χ0) is 17.9. The van der Waals surface area contributed by atoms with Crippen LogP contribution in [0.15, 0.2) is 11.6 Å².